The predicted octanol–water partition coefficient (Wildman–Crippen LogP) is 4.27. The molecular weight excluding hydrogens is 272 g/mol. The van der Waals surface area contributed by atoms with E-state index in [1.165, 1.54) is 12.1 Å². The van der Waals surface area contributed by atoms with Crippen molar-refractivity contribution in [1.29, 1.82) is 0 Å². The number of ether oxygens (including phenoxy) is 1. The maximum Gasteiger partial charge on any atom is 0.306 e. The van der Waals surface area contributed by atoms with E-state index in [9.17, 15) is 8.78 Å². The molecule has 1 atom stereocenters. The second-order valence-corrected chi connectivity index (χ2v) is 4.91. The van der Waals surface area contributed by atoms with Crippen LogP contribution < -0.4 is 10.5 Å². The van der Waals surface area contributed by atoms with E-state index in [4.69, 9.17) is 10.5 Å². The molecule has 4 heteroatoms. The van der Waals surface area contributed by atoms with Gasteiger partial charge in [-0.25, -0.2) is 0 Å². The molecule has 0 heterocycles. The topological polar surface area (TPSA) is 35.2 Å². The Balaban J connectivity index is 2.13. The molecule has 2 aromatic carbocycles. The lowest BCUT2D eigenvalue weighted by Crippen LogP contribution is -2.24. The van der Waals surface area contributed by atoms with Crippen LogP contribution >= 0.6 is 0 Å². The summed E-state index contributed by atoms with van der Waals surface area (Å²) in [6.07, 6.45) is 0.718. The molecule has 0 bridgehead atoms. The van der Waals surface area contributed by atoms with Gasteiger partial charge < -0.3 is 10.5 Å². The Morgan fingerprint density at radius 3 is 2.33 bits per heavy atom. The molecule has 0 fully saturated rings. The number of alkyl halides is 2. The van der Waals surface area contributed by atoms with Crippen LogP contribution in [0.2, 0.25) is 0 Å². The predicted molar refractivity (Wildman–Crippen MR) is 79.5 cm³/mol. The molecule has 2 rings (SSSR count). The molecule has 0 saturated heterocycles. The smallest absolute Gasteiger partial charge is 0.306 e. The third-order valence-corrected chi connectivity index (χ3v) is 3.36. The lowest BCUT2D eigenvalue weighted by Gasteiger charge is -2.20. The van der Waals surface area contributed by atoms with Gasteiger partial charge in [0.2, 0.25) is 0 Å². The third kappa shape index (κ3) is 3.79. The normalized spacial score (nSPS) is 13.0. The first-order valence-electron chi connectivity index (χ1n) is 6.95. The summed E-state index contributed by atoms with van der Waals surface area (Å²) in [5.74, 6) is -2.62. The van der Waals surface area contributed by atoms with Crippen molar-refractivity contribution in [2.75, 3.05) is 6.61 Å². The fourth-order valence-electron chi connectivity index (χ4n) is 2.07. The summed E-state index contributed by atoms with van der Waals surface area (Å²) in [4.78, 5) is 0. The van der Waals surface area contributed by atoms with Crippen LogP contribution in [0.1, 0.15) is 30.5 Å². The van der Waals surface area contributed by atoms with Crippen LogP contribution in [0.3, 0.4) is 0 Å². The van der Waals surface area contributed by atoms with E-state index in [0.29, 0.717) is 5.75 Å². The van der Waals surface area contributed by atoms with Gasteiger partial charge in [0.15, 0.2) is 6.61 Å². The SMILES string of the molecule is CCC(N)c1ccccc1OCC(F)(F)c1ccccc1. The first-order valence-corrected chi connectivity index (χ1v) is 6.95. The monoisotopic (exact) mass is 291 g/mol. The van der Waals surface area contributed by atoms with Crippen molar-refractivity contribution in [3.05, 3.63) is 65.7 Å². The zero-order valence-electron chi connectivity index (χ0n) is 11.9. The van der Waals surface area contributed by atoms with Crippen LogP contribution in [0, 0.1) is 0 Å². The van der Waals surface area contributed by atoms with Gasteiger partial charge in [0.1, 0.15) is 5.75 Å². The third-order valence-electron chi connectivity index (χ3n) is 3.36. The quantitative estimate of drug-likeness (QED) is 0.862. The fraction of sp³-hybridized carbons (Fsp3) is 0.294. The summed E-state index contributed by atoms with van der Waals surface area (Å²) in [5, 5.41) is 0. The molecule has 2 aromatic rings. The first-order chi connectivity index (χ1) is 10.0. The highest BCUT2D eigenvalue weighted by Crippen LogP contribution is 2.31. The van der Waals surface area contributed by atoms with Crippen molar-refractivity contribution >= 4 is 0 Å². The summed E-state index contributed by atoms with van der Waals surface area (Å²) >= 11 is 0. The van der Waals surface area contributed by atoms with E-state index < -0.39 is 12.5 Å². The lowest BCUT2D eigenvalue weighted by molar-refractivity contribution is -0.0470. The van der Waals surface area contributed by atoms with Gasteiger partial charge in [-0.05, 0) is 12.5 Å². The maximum atomic E-state index is 14.1. The highest BCUT2D eigenvalue weighted by Gasteiger charge is 2.32. The number of rotatable bonds is 6. The fourth-order valence-corrected chi connectivity index (χ4v) is 2.07. The van der Waals surface area contributed by atoms with Gasteiger partial charge in [0, 0.05) is 17.2 Å². The Morgan fingerprint density at radius 2 is 1.67 bits per heavy atom. The molecule has 0 aliphatic carbocycles. The number of hydrogen-bond acceptors (Lipinski definition) is 2. The van der Waals surface area contributed by atoms with Crippen molar-refractivity contribution in [3.63, 3.8) is 0 Å². The molecule has 0 spiro atoms. The molecule has 0 saturated carbocycles. The zero-order chi connectivity index (χ0) is 15.3. The Kier molecular flexibility index (Phi) is 4.91. The van der Waals surface area contributed by atoms with E-state index in [1.807, 2.05) is 19.1 Å². The van der Waals surface area contributed by atoms with Gasteiger partial charge in [0.25, 0.3) is 0 Å². The van der Waals surface area contributed by atoms with Crippen molar-refractivity contribution in [1.82, 2.24) is 0 Å². The van der Waals surface area contributed by atoms with Gasteiger partial charge in [-0.15, -0.1) is 0 Å². The molecule has 2 N–H and O–H groups in total. The summed E-state index contributed by atoms with van der Waals surface area (Å²) in [6, 6.07) is 14.5. The molecule has 0 radical (unpaired) electrons. The highest BCUT2D eigenvalue weighted by atomic mass is 19.3. The van der Waals surface area contributed by atoms with Crippen molar-refractivity contribution in [2.45, 2.75) is 25.3 Å². The number of benzene rings is 2. The minimum atomic E-state index is -3.04. The first kappa shape index (κ1) is 15.4. The van der Waals surface area contributed by atoms with E-state index >= 15 is 0 Å². The van der Waals surface area contributed by atoms with E-state index in [-0.39, 0.29) is 11.6 Å². The molecule has 21 heavy (non-hydrogen) atoms. The minimum Gasteiger partial charge on any atom is -0.487 e. The molecule has 0 aliphatic heterocycles. The number of nitrogens with two attached hydrogens (primary N) is 1. The van der Waals surface area contributed by atoms with Crippen molar-refractivity contribution in [3.8, 4) is 5.75 Å². The number of halogens is 2. The molecule has 0 aromatic heterocycles. The zero-order valence-corrected chi connectivity index (χ0v) is 11.9. The van der Waals surface area contributed by atoms with Gasteiger partial charge in [-0.3, -0.25) is 0 Å². The van der Waals surface area contributed by atoms with Crippen LogP contribution in [0.15, 0.2) is 54.6 Å². The Hall–Kier alpha value is -1.94. The molecule has 2 nitrogen and oxygen atoms in total. The average Bonchev–Trinajstić information content (AvgIpc) is 2.53. The molecule has 112 valence electrons. The van der Waals surface area contributed by atoms with Gasteiger partial charge in [0.05, 0.1) is 0 Å². The van der Waals surface area contributed by atoms with Gasteiger partial charge >= 0.3 is 5.92 Å². The molecular formula is C17H19F2NO. The van der Waals surface area contributed by atoms with Crippen molar-refractivity contribution < 1.29 is 13.5 Å². The number of para-hydroxylation sites is 1. The summed E-state index contributed by atoms with van der Waals surface area (Å²) in [7, 11) is 0. The average molecular weight is 291 g/mol. The largest absolute Gasteiger partial charge is 0.487 e. The summed E-state index contributed by atoms with van der Waals surface area (Å²) < 4.78 is 33.5. The minimum absolute atomic E-state index is 0.0535. The summed E-state index contributed by atoms with van der Waals surface area (Å²) in [6.45, 7) is 1.24. The Labute approximate surface area is 123 Å². The number of hydrogen-bond donors (Lipinski definition) is 1. The Morgan fingerprint density at radius 1 is 1.05 bits per heavy atom. The van der Waals surface area contributed by atoms with E-state index in [0.717, 1.165) is 12.0 Å². The van der Waals surface area contributed by atoms with Crippen LogP contribution in [0.25, 0.3) is 0 Å². The van der Waals surface area contributed by atoms with Crippen LogP contribution in [-0.4, -0.2) is 6.61 Å². The van der Waals surface area contributed by atoms with E-state index in [1.54, 1.807) is 30.3 Å². The highest BCUT2D eigenvalue weighted by molar-refractivity contribution is 5.36. The maximum absolute atomic E-state index is 14.1. The van der Waals surface area contributed by atoms with Crippen LogP contribution in [-0.2, 0) is 5.92 Å². The second kappa shape index (κ2) is 6.68. The molecule has 0 aliphatic rings. The summed E-state index contributed by atoms with van der Waals surface area (Å²) in [5.41, 5.74) is 6.68. The molecule has 0 amide bonds. The van der Waals surface area contributed by atoms with Crippen molar-refractivity contribution in [2.24, 2.45) is 5.73 Å². The Bertz CT molecular complexity index is 572. The van der Waals surface area contributed by atoms with Gasteiger partial charge in [-0.1, -0.05) is 55.5 Å². The second-order valence-electron chi connectivity index (χ2n) is 4.91. The van der Waals surface area contributed by atoms with Crippen LogP contribution in [0.5, 0.6) is 5.75 Å². The van der Waals surface area contributed by atoms with Crippen LogP contribution in [0.4, 0.5) is 8.78 Å². The van der Waals surface area contributed by atoms with Gasteiger partial charge in [-0.2, -0.15) is 8.78 Å². The molecule has 1 unspecified atom stereocenters. The standard InChI is InChI=1S/C17H19F2NO/c1-2-15(20)14-10-6-7-11-16(14)21-12-17(18,19)13-8-4-3-5-9-13/h3-11,15H,2,12,20H2,1H3. The lowest BCUT2D eigenvalue weighted by atomic mass is 10.0. The van der Waals surface area contributed by atoms with E-state index in [2.05, 4.69) is 0 Å².